The normalized spacial score (nSPS) is 23.5. The second-order valence-electron chi connectivity index (χ2n) is 5.79. The highest BCUT2D eigenvalue weighted by molar-refractivity contribution is 5.48. The van der Waals surface area contributed by atoms with Gasteiger partial charge in [0.2, 0.25) is 0 Å². The van der Waals surface area contributed by atoms with Crippen molar-refractivity contribution in [3.05, 3.63) is 42.0 Å². The maximum absolute atomic E-state index is 3.61. The number of nitrogens with zero attached hydrogens (tertiary/aromatic N) is 1. The SMILES string of the molecule is C(=C\c1ccccc1)/CN(CC1CCCN1)C1CC1. The molecule has 1 aliphatic heterocycles. The minimum Gasteiger partial charge on any atom is -0.313 e. The van der Waals surface area contributed by atoms with E-state index in [0.717, 1.165) is 18.6 Å². The summed E-state index contributed by atoms with van der Waals surface area (Å²) in [5.41, 5.74) is 1.30. The maximum atomic E-state index is 3.61. The van der Waals surface area contributed by atoms with Gasteiger partial charge in [0.25, 0.3) is 0 Å². The maximum Gasteiger partial charge on any atom is 0.0195 e. The van der Waals surface area contributed by atoms with Crippen molar-refractivity contribution in [3.63, 3.8) is 0 Å². The summed E-state index contributed by atoms with van der Waals surface area (Å²) in [7, 11) is 0. The first kappa shape index (κ1) is 12.9. The molecule has 0 spiro atoms. The van der Waals surface area contributed by atoms with Crippen molar-refractivity contribution in [1.29, 1.82) is 0 Å². The van der Waals surface area contributed by atoms with Crippen molar-refractivity contribution in [2.75, 3.05) is 19.6 Å². The third-order valence-corrected chi connectivity index (χ3v) is 4.13. The Morgan fingerprint density at radius 2 is 2.00 bits per heavy atom. The molecule has 3 rings (SSSR count). The van der Waals surface area contributed by atoms with Gasteiger partial charge in [0, 0.05) is 25.2 Å². The number of nitrogens with one attached hydrogen (secondary N) is 1. The summed E-state index contributed by atoms with van der Waals surface area (Å²) in [5, 5.41) is 3.61. The number of rotatable bonds is 6. The van der Waals surface area contributed by atoms with Crippen LogP contribution in [0.5, 0.6) is 0 Å². The highest BCUT2D eigenvalue weighted by atomic mass is 15.2. The van der Waals surface area contributed by atoms with Gasteiger partial charge < -0.3 is 5.32 Å². The first-order valence-electron chi connectivity index (χ1n) is 7.61. The molecule has 0 radical (unpaired) electrons. The molecule has 1 aromatic carbocycles. The van der Waals surface area contributed by atoms with Gasteiger partial charge in [-0.05, 0) is 37.8 Å². The molecule has 2 aliphatic rings. The van der Waals surface area contributed by atoms with E-state index in [9.17, 15) is 0 Å². The molecule has 1 atom stereocenters. The van der Waals surface area contributed by atoms with Crippen LogP contribution in [0, 0.1) is 0 Å². The monoisotopic (exact) mass is 256 g/mol. The molecule has 1 aliphatic carbocycles. The fraction of sp³-hybridized carbons (Fsp3) is 0.529. The topological polar surface area (TPSA) is 15.3 Å². The Kier molecular flexibility index (Phi) is 4.31. The molecule has 1 N–H and O–H groups in total. The van der Waals surface area contributed by atoms with Crippen LogP contribution in [-0.2, 0) is 0 Å². The average molecular weight is 256 g/mol. The molecule has 1 saturated carbocycles. The van der Waals surface area contributed by atoms with E-state index in [2.05, 4.69) is 52.7 Å². The van der Waals surface area contributed by atoms with Crippen molar-refractivity contribution in [3.8, 4) is 0 Å². The van der Waals surface area contributed by atoms with E-state index in [4.69, 9.17) is 0 Å². The van der Waals surface area contributed by atoms with Crippen LogP contribution < -0.4 is 5.32 Å². The predicted molar refractivity (Wildman–Crippen MR) is 81.1 cm³/mol. The van der Waals surface area contributed by atoms with Crippen LogP contribution in [-0.4, -0.2) is 36.6 Å². The lowest BCUT2D eigenvalue weighted by Crippen LogP contribution is -2.38. The van der Waals surface area contributed by atoms with Crippen LogP contribution in [0.4, 0.5) is 0 Å². The molecule has 1 unspecified atom stereocenters. The van der Waals surface area contributed by atoms with Crippen molar-refractivity contribution in [2.45, 2.75) is 37.8 Å². The summed E-state index contributed by atoms with van der Waals surface area (Å²) in [4.78, 5) is 2.66. The molecular formula is C17H24N2. The van der Waals surface area contributed by atoms with Crippen LogP contribution >= 0.6 is 0 Å². The lowest BCUT2D eigenvalue weighted by molar-refractivity contribution is 0.264. The Morgan fingerprint density at radius 3 is 2.68 bits per heavy atom. The zero-order valence-electron chi connectivity index (χ0n) is 11.6. The second-order valence-corrected chi connectivity index (χ2v) is 5.79. The average Bonchev–Trinajstić information content (AvgIpc) is 3.17. The molecule has 0 aromatic heterocycles. The van der Waals surface area contributed by atoms with E-state index in [0.29, 0.717) is 0 Å². The summed E-state index contributed by atoms with van der Waals surface area (Å²) in [6, 6.07) is 12.2. The minimum atomic E-state index is 0.728. The molecule has 102 valence electrons. The molecule has 0 bridgehead atoms. The smallest absolute Gasteiger partial charge is 0.0195 e. The number of benzene rings is 1. The molecule has 2 heteroatoms. The first-order chi connectivity index (χ1) is 9.42. The summed E-state index contributed by atoms with van der Waals surface area (Å²) >= 11 is 0. The quantitative estimate of drug-likeness (QED) is 0.842. The molecule has 1 saturated heterocycles. The van der Waals surface area contributed by atoms with Crippen LogP contribution in [0.3, 0.4) is 0 Å². The third kappa shape index (κ3) is 3.92. The lowest BCUT2D eigenvalue weighted by atomic mass is 10.2. The zero-order chi connectivity index (χ0) is 12.9. The fourth-order valence-corrected chi connectivity index (χ4v) is 2.90. The Labute approximate surface area is 116 Å². The molecule has 0 amide bonds. The van der Waals surface area contributed by atoms with Gasteiger partial charge in [-0.2, -0.15) is 0 Å². The zero-order valence-corrected chi connectivity index (χ0v) is 11.6. The largest absolute Gasteiger partial charge is 0.313 e. The summed E-state index contributed by atoms with van der Waals surface area (Å²) in [6.45, 7) is 3.53. The van der Waals surface area contributed by atoms with Gasteiger partial charge in [-0.3, -0.25) is 4.90 Å². The van der Waals surface area contributed by atoms with Gasteiger partial charge in [-0.1, -0.05) is 42.5 Å². The molecular weight excluding hydrogens is 232 g/mol. The van der Waals surface area contributed by atoms with E-state index >= 15 is 0 Å². The van der Waals surface area contributed by atoms with Crippen LogP contribution in [0.25, 0.3) is 6.08 Å². The van der Waals surface area contributed by atoms with Crippen molar-refractivity contribution in [1.82, 2.24) is 10.2 Å². The van der Waals surface area contributed by atoms with Gasteiger partial charge >= 0.3 is 0 Å². The highest BCUT2D eigenvalue weighted by Gasteiger charge is 2.30. The Balaban J connectivity index is 1.51. The van der Waals surface area contributed by atoms with Crippen LogP contribution in [0.2, 0.25) is 0 Å². The van der Waals surface area contributed by atoms with Gasteiger partial charge in [0.05, 0.1) is 0 Å². The van der Waals surface area contributed by atoms with Gasteiger partial charge in [-0.15, -0.1) is 0 Å². The highest BCUT2D eigenvalue weighted by Crippen LogP contribution is 2.27. The van der Waals surface area contributed by atoms with Gasteiger partial charge in [0.1, 0.15) is 0 Å². The fourth-order valence-electron chi connectivity index (χ4n) is 2.90. The van der Waals surface area contributed by atoms with E-state index in [1.54, 1.807) is 0 Å². The summed E-state index contributed by atoms with van der Waals surface area (Å²) in [6.07, 6.45) is 10.1. The van der Waals surface area contributed by atoms with E-state index < -0.39 is 0 Å². The minimum absolute atomic E-state index is 0.728. The molecule has 1 aromatic rings. The second kappa shape index (κ2) is 6.36. The number of hydrogen-bond acceptors (Lipinski definition) is 2. The first-order valence-corrected chi connectivity index (χ1v) is 7.61. The molecule has 2 fully saturated rings. The number of hydrogen-bond donors (Lipinski definition) is 1. The Hall–Kier alpha value is -1.12. The van der Waals surface area contributed by atoms with Gasteiger partial charge in [0.15, 0.2) is 0 Å². The van der Waals surface area contributed by atoms with Crippen molar-refractivity contribution < 1.29 is 0 Å². The Bertz CT molecular complexity index is 403. The summed E-state index contributed by atoms with van der Waals surface area (Å²) < 4.78 is 0. The predicted octanol–water partition coefficient (Wildman–Crippen LogP) is 2.92. The van der Waals surface area contributed by atoms with E-state index in [-0.39, 0.29) is 0 Å². The van der Waals surface area contributed by atoms with Crippen molar-refractivity contribution in [2.24, 2.45) is 0 Å². The standard InChI is InChI=1S/C17H24N2/c1-2-6-15(7-3-1)8-5-13-19(17-10-11-17)14-16-9-4-12-18-16/h1-3,5-8,16-18H,4,9-14H2/b8-5+. The van der Waals surface area contributed by atoms with Crippen LogP contribution in [0.15, 0.2) is 36.4 Å². The lowest BCUT2D eigenvalue weighted by Gasteiger charge is -2.24. The van der Waals surface area contributed by atoms with Crippen molar-refractivity contribution >= 4 is 6.08 Å². The van der Waals surface area contributed by atoms with Gasteiger partial charge in [-0.25, -0.2) is 0 Å². The molecule has 1 heterocycles. The van der Waals surface area contributed by atoms with E-state index in [1.165, 1.54) is 44.3 Å². The molecule has 2 nitrogen and oxygen atoms in total. The molecule has 19 heavy (non-hydrogen) atoms. The third-order valence-electron chi connectivity index (χ3n) is 4.13. The Morgan fingerprint density at radius 1 is 1.16 bits per heavy atom. The summed E-state index contributed by atoms with van der Waals surface area (Å²) in [5.74, 6) is 0. The van der Waals surface area contributed by atoms with Crippen LogP contribution in [0.1, 0.15) is 31.2 Å². The van der Waals surface area contributed by atoms with E-state index in [1.807, 2.05) is 0 Å².